The van der Waals surface area contributed by atoms with E-state index in [1.54, 1.807) is 13.8 Å². The Balaban J connectivity index is 2.49. The van der Waals surface area contributed by atoms with E-state index in [9.17, 15) is 9.90 Å². The third kappa shape index (κ3) is 5.91. The van der Waals surface area contributed by atoms with Gasteiger partial charge in [-0.15, -0.1) is 0 Å². The van der Waals surface area contributed by atoms with Gasteiger partial charge in [0, 0.05) is 19.1 Å². The van der Waals surface area contributed by atoms with Crippen LogP contribution in [0.2, 0.25) is 0 Å². The van der Waals surface area contributed by atoms with Crippen molar-refractivity contribution < 1.29 is 9.90 Å². The topological polar surface area (TPSA) is 43.8 Å². The standard InChI is InChI=1S/C15H30N2O2/c1-5-17(13-9-7-6-8-10-13)14(18)11-16(4)12-15(2,3)19/h13,19H,5-12H2,1-4H3. The molecule has 1 rings (SSSR count). The molecule has 0 heterocycles. The van der Waals surface area contributed by atoms with Gasteiger partial charge >= 0.3 is 0 Å². The number of hydrogen-bond donors (Lipinski definition) is 1. The maximum absolute atomic E-state index is 12.4. The van der Waals surface area contributed by atoms with E-state index in [1.165, 1.54) is 19.3 Å². The monoisotopic (exact) mass is 270 g/mol. The highest BCUT2D eigenvalue weighted by Gasteiger charge is 2.25. The Hall–Kier alpha value is -0.610. The number of carbonyl (C=O) groups excluding carboxylic acids is 1. The van der Waals surface area contributed by atoms with E-state index in [0.717, 1.165) is 19.4 Å². The molecule has 1 amide bonds. The van der Waals surface area contributed by atoms with Crippen molar-refractivity contribution >= 4 is 5.91 Å². The minimum absolute atomic E-state index is 0.196. The van der Waals surface area contributed by atoms with Crippen molar-refractivity contribution in [3.05, 3.63) is 0 Å². The van der Waals surface area contributed by atoms with Crippen molar-refractivity contribution in [3.63, 3.8) is 0 Å². The molecule has 0 aliphatic heterocycles. The fraction of sp³-hybridized carbons (Fsp3) is 0.933. The minimum atomic E-state index is -0.753. The highest BCUT2D eigenvalue weighted by Crippen LogP contribution is 2.22. The lowest BCUT2D eigenvalue weighted by Crippen LogP contribution is -2.47. The van der Waals surface area contributed by atoms with Crippen LogP contribution in [-0.2, 0) is 4.79 Å². The number of rotatable bonds is 6. The zero-order chi connectivity index (χ0) is 14.5. The summed E-state index contributed by atoms with van der Waals surface area (Å²) in [7, 11) is 1.89. The molecule has 0 bridgehead atoms. The first-order valence-electron chi connectivity index (χ1n) is 7.54. The Kier molecular flexibility index (Phi) is 6.27. The van der Waals surface area contributed by atoms with Crippen LogP contribution < -0.4 is 0 Å². The van der Waals surface area contributed by atoms with Gasteiger partial charge in [0.05, 0.1) is 12.1 Å². The van der Waals surface area contributed by atoms with Gasteiger partial charge in [0.1, 0.15) is 0 Å². The molecule has 0 radical (unpaired) electrons. The highest BCUT2D eigenvalue weighted by molar-refractivity contribution is 5.78. The molecule has 0 atom stereocenters. The zero-order valence-electron chi connectivity index (χ0n) is 13.0. The van der Waals surface area contributed by atoms with Gasteiger partial charge in [-0.1, -0.05) is 19.3 Å². The number of amides is 1. The molecule has 1 aliphatic carbocycles. The lowest BCUT2D eigenvalue weighted by molar-refractivity contribution is -0.135. The Morgan fingerprint density at radius 3 is 2.32 bits per heavy atom. The molecule has 112 valence electrons. The molecule has 0 unspecified atom stereocenters. The van der Waals surface area contributed by atoms with Gasteiger partial charge in [0.15, 0.2) is 0 Å². The van der Waals surface area contributed by atoms with Crippen LogP contribution >= 0.6 is 0 Å². The van der Waals surface area contributed by atoms with Crippen LogP contribution in [0, 0.1) is 0 Å². The average molecular weight is 270 g/mol. The van der Waals surface area contributed by atoms with Crippen molar-refractivity contribution in [1.82, 2.24) is 9.80 Å². The molecule has 4 heteroatoms. The lowest BCUT2D eigenvalue weighted by atomic mass is 9.94. The quantitative estimate of drug-likeness (QED) is 0.801. The van der Waals surface area contributed by atoms with Crippen LogP contribution in [-0.4, -0.2) is 59.1 Å². The molecular formula is C15H30N2O2. The van der Waals surface area contributed by atoms with Crippen molar-refractivity contribution in [3.8, 4) is 0 Å². The third-order valence-electron chi connectivity index (χ3n) is 3.74. The number of nitrogens with zero attached hydrogens (tertiary/aromatic N) is 2. The predicted molar refractivity (Wildman–Crippen MR) is 78.1 cm³/mol. The first-order chi connectivity index (χ1) is 8.83. The summed E-state index contributed by atoms with van der Waals surface area (Å²) in [6, 6.07) is 0.432. The number of aliphatic hydroxyl groups is 1. The van der Waals surface area contributed by atoms with Gasteiger partial charge in [0.25, 0.3) is 0 Å². The number of carbonyl (C=O) groups is 1. The summed E-state index contributed by atoms with van der Waals surface area (Å²) in [5, 5.41) is 9.78. The summed E-state index contributed by atoms with van der Waals surface area (Å²) in [5.41, 5.74) is -0.753. The van der Waals surface area contributed by atoms with E-state index < -0.39 is 5.60 Å². The second kappa shape index (κ2) is 7.25. The fourth-order valence-corrected chi connectivity index (χ4v) is 3.07. The van der Waals surface area contributed by atoms with Crippen LogP contribution in [0.15, 0.2) is 0 Å². The van der Waals surface area contributed by atoms with E-state index in [1.807, 2.05) is 16.8 Å². The van der Waals surface area contributed by atoms with E-state index in [-0.39, 0.29) is 5.91 Å². The average Bonchev–Trinajstić information content (AvgIpc) is 2.28. The van der Waals surface area contributed by atoms with E-state index in [4.69, 9.17) is 0 Å². The molecule has 1 fully saturated rings. The van der Waals surface area contributed by atoms with Crippen molar-refractivity contribution in [2.24, 2.45) is 0 Å². The second-order valence-electron chi connectivity index (χ2n) is 6.46. The Bertz CT molecular complexity index is 280. The maximum atomic E-state index is 12.4. The van der Waals surface area contributed by atoms with Crippen LogP contribution in [0.5, 0.6) is 0 Å². The van der Waals surface area contributed by atoms with Crippen molar-refractivity contribution in [2.45, 2.75) is 64.5 Å². The summed E-state index contributed by atoms with van der Waals surface area (Å²) in [4.78, 5) is 16.3. The van der Waals surface area contributed by atoms with Gasteiger partial charge < -0.3 is 10.0 Å². The molecule has 0 aromatic rings. The van der Waals surface area contributed by atoms with Crippen molar-refractivity contribution in [2.75, 3.05) is 26.7 Å². The van der Waals surface area contributed by atoms with Crippen LogP contribution in [0.25, 0.3) is 0 Å². The normalized spacial score (nSPS) is 17.8. The fourth-order valence-electron chi connectivity index (χ4n) is 3.07. The molecule has 0 aromatic carbocycles. The maximum Gasteiger partial charge on any atom is 0.236 e. The molecule has 1 saturated carbocycles. The SMILES string of the molecule is CCN(C(=O)CN(C)CC(C)(C)O)C1CCCCC1. The van der Waals surface area contributed by atoms with E-state index >= 15 is 0 Å². The Morgan fingerprint density at radius 1 is 1.26 bits per heavy atom. The highest BCUT2D eigenvalue weighted by atomic mass is 16.3. The van der Waals surface area contributed by atoms with Gasteiger partial charge in [0.2, 0.25) is 5.91 Å². The molecule has 4 nitrogen and oxygen atoms in total. The number of hydrogen-bond acceptors (Lipinski definition) is 3. The minimum Gasteiger partial charge on any atom is -0.389 e. The van der Waals surface area contributed by atoms with Crippen LogP contribution in [0.4, 0.5) is 0 Å². The largest absolute Gasteiger partial charge is 0.389 e. The van der Waals surface area contributed by atoms with Crippen LogP contribution in [0.3, 0.4) is 0 Å². The summed E-state index contributed by atoms with van der Waals surface area (Å²) < 4.78 is 0. The second-order valence-corrected chi connectivity index (χ2v) is 6.46. The first-order valence-corrected chi connectivity index (χ1v) is 7.54. The summed E-state index contributed by atoms with van der Waals surface area (Å²) in [6.45, 7) is 7.30. The van der Waals surface area contributed by atoms with Gasteiger partial charge in [-0.05, 0) is 40.7 Å². The van der Waals surface area contributed by atoms with Crippen molar-refractivity contribution in [1.29, 1.82) is 0 Å². The van der Waals surface area contributed by atoms with Gasteiger partial charge in [-0.3, -0.25) is 9.69 Å². The molecule has 0 spiro atoms. The summed E-state index contributed by atoms with van der Waals surface area (Å²) in [5.74, 6) is 0.196. The summed E-state index contributed by atoms with van der Waals surface area (Å²) >= 11 is 0. The predicted octanol–water partition coefficient (Wildman–Crippen LogP) is 1.87. The zero-order valence-corrected chi connectivity index (χ0v) is 13.0. The molecular weight excluding hydrogens is 240 g/mol. The van der Waals surface area contributed by atoms with Gasteiger partial charge in [-0.2, -0.15) is 0 Å². The molecule has 0 saturated heterocycles. The smallest absolute Gasteiger partial charge is 0.236 e. The number of likely N-dealkylation sites (N-methyl/N-ethyl adjacent to an activating group) is 2. The molecule has 0 aromatic heterocycles. The summed E-state index contributed by atoms with van der Waals surface area (Å²) in [6.07, 6.45) is 6.09. The van der Waals surface area contributed by atoms with E-state index in [2.05, 4.69) is 6.92 Å². The molecule has 1 N–H and O–H groups in total. The third-order valence-corrected chi connectivity index (χ3v) is 3.74. The van der Waals surface area contributed by atoms with E-state index in [0.29, 0.717) is 19.1 Å². The molecule has 19 heavy (non-hydrogen) atoms. The lowest BCUT2D eigenvalue weighted by Gasteiger charge is -2.35. The Morgan fingerprint density at radius 2 is 1.84 bits per heavy atom. The molecule has 1 aliphatic rings. The first kappa shape index (κ1) is 16.4. The Labute approximate surface area is 117 Å². The van der Waals surface area contributed by atoms with Crippen LogP contribution in [0.1, 0.15) is 52.9 Å². The van der Waals surface area contributed by atoms with Gasteiger partial charge in [-0.25, -0.2) is 0 Å².